The summed E-state index contributed by atoms with van der Waals surface area (Å²) in [6.07, 6.45) is 2.26. The van der Waals surface area contributed by atoms with Crippen LogP contribution in [0.15, 0.2) is 10.5 Å². The van der Waals surface area contributed by atoms with Gasteiger partial charge in [-0.25, -0.2) is 0 Å². The van der Waals surface area contributed by atoms with Crippen LogP contribution in [0.3, 0.4) is 0 Å². The number of aryl methyl sites for hydroxylation is 2. The van der Waals surface area contributed by atoms with E-state index in [9.17, 15) is 0 Å². The Hall–Kier alpha value is -0.840. The Morgan fingerprint density at radius 2 is 2.31 bits per heavy atom. The number of rotatable bonds is 3. The smallest absolute Gasteiger partial charge is 0.105 e. The van der Waals surface area contributed by atoms with Gasteiger partial charge in [-0.3, -0.25) is 11.3 Å². The van der Waals surface area contributed by atoms with Gasteiger partial charge in [-0.05, 0) is 32.8 Å². The molecular formula is C12H20N2O2. The molecule has 0 bridgehead atoms. The van der Waals surface area contributed by atoms with Gasteiger partial charge < -0.3 is 9.15 Å². The normalized spacial score (nSPS) is 23.3. The quantitative estimate of drug-likeness (QED) is 0.607. The van der Waals surface area contributed by atoms with Gasteiger partial charge in [0.25, 0.3) is 0 Å². The number of nitrogens with two attached hydrogens (primary N) is 1. The summed E-state index contributed by atoms with van der Waals surface area (Å²) in [5, 5.41) is 0. The van der Waals surface area contributed by atoms with Crippen molar-refractivity contribution in [3.8, 4) is 0 Å². The van der Waals surface area contributed by atoms with E-state index in [1.54, 1.807) is 0 Å². The Morgan fingerprint density at radius 3 is 2.81 bits per heavy atom. The molecule has 2 atom stereocenters. The predicted molar refractivity (Wildman–Crippen MR) is 61.8 cm³/mol. The highest BCUT2D eigenvalue weighted by Crippen LogP contribution is 2.31. The lowest BCUT2D eigenvalue weighted by atomic mass is 9.89. The highest BCUT2D eigenvalue weighted by molar-refractivity contribution is 5.24. The molecule has 1 saturated heterocycles. The maximum Gasteiger partial charge on any atom is 0.105 e. The summed E-state index contributed by atoms with van der Waals surface area (Å²) >= 11 is 0. The lowest BCUT2D eigenvalue weighted by Gasteiger charge is -2.29. The van der Waals surface area contributed by atoms with Crippen molar-refractivity contribution in [2.24, 2.45) is 11.8 Å². The van der Waals surface area contributed by atoms with Gasteiger partial charge in [0.2, 0.25) is 0 Å². The van der Waals surface area contributed by atoms with E-state index in [1.807, 2.05) is 13.8 Å². The van der Waals surface area contributed by atoms with Gasteiger partial charge >= 0.3 is 0 Å². The molecule has 0 saturated carbocycles. The second-order valence-electron chi connectivity index (χ2n) is 4.49. The Kier molecular flexibility index (Phi) is 3.63. The molecule has 2 heterocycles. The molecule has 2 unspecified atom stereocenters. The van der Waals surface area contributed by atoms with Crippen LogP contribution in [0.5, 0.6) is 0 Å². The van der Waals surface area contributed by atoms with E-state index in [-0.39, 0.29) is 6.04 Å². The lowest BCUT2D eigenvalue weighted by molar-refractivity contribution is 0.0388. The minimum Gasteiger partial charge on any atom is -0.466 e. The minimum atomic E-state index is 0.137. The standard InChI is InChI=1S/C12H20N2O2/c1-8-6-11(9(2)16-8)12(14-13)10-4-3-5-15-7-10/h6,10,12,14H,3-5,7,13H2,1-2H3. The number of nitrogens with one attached hydrogen (secondary N) is 1. The first-order chi connectivity index (χ1) is 7.72. The molecule has 4 nitrogen and oxygen atoms in total. The fourth-order valence-corrected chi connectivity index (χ4v) is 2.47. The highest BCUT2D eigenvalue weighted by Gasteiger charge is 2.27. The molecule has 1 aliphatic rings. The maximum absolute atomic E-state index is 5.67. The molecule has 90 valence electrons. The molecule has 3 N–H and O–H groups in total. The van der Waals surface area contributed by atoms with Crippen LogP contribution < -0.4 is 11.3 Å². The van der Waals surface area contributed by atoms with Crippen LogP contribution >= 0.6 is 0 Å². The van der Waals surface area contributed by atoms with Crippen molar-refractivity contribution in [3.05, 3.63) is 23.2 Å². The van der Waals surface area contributed by atoms with E-state index in [2.05, 4.69) is 11.5 Å². The predicted octanol–water partition coefficient (Wildman–Crippen LogP) is 1.83. The van der Waals surface area contributed by atoms with E-state index in [0.29, 0.717) is 5.92 Å². The van der Waals surface area contributed by atoms with Crippen molar-refractivity contribution in [1.29, 1.82) is 0 Å². The Morgan fingerprint density at radius 1 is 1.50 bits per heavy atom. The molecule has 1 aliphatic heterocycles. The van der Waals surface area contributed by atoms with E-state index < -0.39 is 0 Å². The zero-order chi connectivity index (χ0) is 11.5. The summed E-state index contributed by atoms with van der Waals surface area (Å²) in [7, 11) is 0. The van der Waals surface area contributed by atoms with E-state index in [1.165, 1.54) is 0 Å². The van der Waals surface area contributed by atoms with Crippen molar-refractivity contribution in [2.45, 2.75) is 32.7 Å². The molecule has 1 fully saturated rings. The van der Waals surface area contributed by atoms with Crippen LogP contribution in [0.4, 0.5) is 0 Å². The molecule has 4 heteroatoms. The first kappa shape index (κ1) is 11.6. The molecule has 1 aromatic rings. The third-order valence-corrected chi connectivity index (χ3v) is 3.26. The molecule has 0 amide bonds. The van der Waals surface area contributed by atoms with E-state index in [4.69, 9.17) is 15.0 Å². The zero-order valence-corrected chi connectivity index (χ0v) is 9.95. The third-order valence-electron chi connectivity index (χ3n) is 3.26. The fourth-order valence-electron chi connectivity index (χ4n) is 2.47. The monoisotopic (exact) mass is 224 g/mol. The van der Waals surface area contributed by atoms with Gasteiger partial charge in [-0.2, -0.15) is 0 Å². The highest BCUT2D eigenvalue weighted by atomic mass is 16.5. The van der Waals surface area contributed by atoms with E-state index in [0.717, 1.165) is 43.1 Å². The fraction of sp³-hybridized carbons (Fsp3) is 0.667. The van der Waals surface area contributed by atoms with Gasteiger partial charge in [0, 0.05) is 18.1 Å². The molecule has 0 radical (unpaired) electrons. The number of hydrogen-bond donors (Lipinski definition) is 2. The number of furan rings is 1. The SMILES string of the molecule is Cc1cc(C(NN)C2CCCOC2)c(C)o1. The Balaban J connectivity index is 2.17. The van der Waals surface area contributed by atoms with Crippen molar-refractivity contribution < 1.29 is 9.15 Å². The molecule has 16 heavy (non-hydrogen) atoms. The first-order valence-corrected chi connectivity index (χ1v) is 5.83. The Bertz CT molecular complexity index is 343. The van der Waals surface area contributed by atoms with Gasteiger partial charge in [-0.1, -0.05) is 0 Å². The molecule has 1 aromatic heterocycles. The summed E-state index contributed by atoms with van der Waals surface area (Å²) in [5.74, 6) is 7.99. The largest absolute Gasteiger partial charge is 0.466 e. The third kappa shape index (κ3) is 2.29. The topological polar surface area (TPSA) is 60.4 Å². The van der Waals surface area contributed by atoms with Crippen molar-refractivity contribution in [3.63, 3.8) is 0 Å². The summed E-state index contributed by atoms with van der Waals surface area (Å²) in [6, 6.07) is 2.20. The van der Waals surface area contributed by atoms with Crippen LogP contribution in [0.1, 0.15) is 36.0 Å². The molecule has 0 spiro atoms. The van der Waals surface area contributed by atoms with Crippen LogP contribution in [0.2, 0.25) is 0 Å². The van der Waals surface area contributed by atoms with Crippen LogP contribution in [0.25, 0.3) is 0 Å². The summed E-state index contributed by atoms with van der Waals surface area (Å²) in [6.45, 7) is 5.59. The number of ether oxygens (including phenoxy) is 1. The molecular weight excluding hydrogens is 204 g/mol. The Labute approximate surface area is 96.1 Å². The lowest BCUT2D eigenvalue weighted by Crippen LogP contribution is -2.37. The van der Waals surface area contributed by atoms with Crippen molar-refractivity contribution >= 4 is 0 Å². The first-order valence-electron chi connectivity index (χ1n) is 5.83. The van der Waals surface area contributed by atoms with E-state index >= 15 is 0 Å². The number of hydrogen-bond acceptors (Lipinski definition) is 4. The summed E-state index contributed by atoms with van der Waals surface area (Å²) in [5.41, 5.74) is 4.06. The average Bonchev–Trinajstić information content (AvgIpc) is 2.61. The van der Waals surface area contributed by atoms with Gasteiger partial charge in [0.05, 0.1) is 12.6 Å². The minimum absolute atomic E-state index is 0.137. The zero-order valence-electron chi connectivity index (χ0n) is 9.95. The second kappa shape index (κ2) is 4.99. The average molecular weight is 224 g/mol. The van der Waals surface area contributed by atoms with Gasteiger partial charge in [0.1, 0.15) is 11.5 Å². The van der Waals surface area contributed by atoms with Crippen LogP contribution in [-0.2, 0) is 4.74 Å². The van der Waals surface area contributed by atoms with Gasteiger partial charge in [0.15, 0.2) is 0 Å². The van der Waals surface area contributed by atoms with Crippen LogP contribution in [-0.4, -0.2) is 13.2 Å². The van der Waals surface area contributed by atoms with Crippen molar-refractivity contribution in [1.82, 2.24) is 5.43 Å². The molecule has 0 aliphatic carbocycles. The summed E-state index contributed by atoms with van der Waals surface area (Å²) < 4.78 is 11.1. The number of hydrazine groups is 1. The van der Waals surface area contributed by atoms with Gasteiger partial charge in [-0.15, -0.1) is 0 Å². The molecule has 2 rings (SSSR count). The summed E-state index contributed by atoms with van der Waals surface area (Å²) in [4.78, 5) is 0. The molecule has 0 aromatic carbocycles. The van der Waals surface area contributed by atoms with Crippen LogP contribution in [0, 0.1) is 19.8 Å². The maximum atomic E-state index is 5.67. The van der Waals surface area contributed by atoms with Crippen molar-refractivity contribution in [2.75, 3.05) is 13.2 Å². The second-order valence-corrected chi connectivity index (χ2v) is 4.49.